The summed E-state index contributed by atoms with van der Waals surface area (Å²) in [6, 6.07) is 0. The first-order valence-electron chi connectivity index (χ1n) is 1.03. The van der Waals surface area contributed by atoms with Gasteiger partial charge >= 0.3 is 9.05 Å². The third kappa shape index (κ3) is 11.0. The fraction of sp³-hybridized carbons (Fsp3) is 0. The van der Waals surface area contributed by atoms with Crippen LogP contribution in [0.25, 0.3) is 0 Å². The van der Waals surface area contributed by atoms with Gasteiger partial charge in [-0.2, -0.15) is 0 Å². The first-order valence-corrected chi connectivity index (χ1v) is 3.09. The molecule has 7 heteroatoms. The van der Waals surface area contributed by atoms with Crippen LogP contribution in [0.4, 0.5) is 0 Å². The Kier molecular flexibility index (Phi) is 6.29. The molecule has 0 bridgehead atoms. The Morgan fingerprint density at radius 2 is 1.43 bits per heavy atom. The molecular weight excluding hydrogens is 325 g/mol. The van der Waals surface area contributed by atoms with E-state index >= 15 is 0 Å². The molecule has 0 atom stereocenters. The Morgan fingerprint density at radius 1 is 1.29 bits per heavy atom. The van der Waals surface area contributed by atoms with Crippen LogP contribution in [-0.2, 0) is 26.4 Å². The van der Waals surface area contributed by atoms with Gasteiger partial charge in [0, 0.05) is 22.4 Å². The van der Waals surface area contributed by atoms with Crippen LogP contribution >= 0.6 is 11.9 Å². The number of rotatable bonds is 1. The van der Waals surface area contributed by atoms with Crippen LogP contribution in [0.1, 0.15) is 0 Å². The molecule has 3 N–H and O–H groups in total. The Bertz CT molecular complexity index is 41.4. The molecule has 0 aliphatic heterocycles. The summed E-state index contributed by atoms with van der Waals surface area (Å²) >= 11 is 4.29. The van der Waals surface area contributed by atoms with Crippen molar-refractivity contribution in [3.8, 4) is 0 Å². The average Bonchev–Trinajstić information content (AvgIpc) is 1.35. The molecule has 0 saturated carbocycles. The van der Waals surface area contributed by atoms with Crippen molar-refractivity contribution in [3.63, 3.8) is 0 Å². The van der Waals surface area contributed by atoms with Crippen LogP contribution in [0.3, 0.4) is 0 Å². The van der Waals surface area contributed by atoms with E-state index in [1.54, 1.807) is 0 Å². The molecule has 0 aromatic heterocycles. The van der Waals surface area contributed by atoms with Gasteiger partial charge in [-0.25, -0.2) is 3.98 Å². The maximum atomic E-state index is 7.72. The molecular formula is H3AuClO4Si. The number of halogens is 1. The molecule has 0 saturated heterocycles. The predicted octanol–water partition coefficient (Wildman–Crippen LogP) is -1.43. The molecule has 0 aromatic carbocycles. The summed E-state index contributed by atoms with van der Waals surface area (Å²) in [5.74, 6) is 0. The maximum absolute atomic E-state index is 7.72. The van der Waals surface area contributed by atoms with Crippen LogP contribution < -0.4 is 0 Å². The summed E-state index contributed by atoms with van der Waals surface area (Å²) in [5.41, 5.74) is 0. The van der Waals surface area contributed by atoms with Gasteiger partial charge < -0.3 is 14.4 Å². The molecule has 0 aliphatic rings. The molecule has 49 valence electrons. The molecule has 0 heterocycles. The van der Waals surface area contributed by atoms with Gasteiger partial charge in [-0.1, -0.05) is 0 Å². The molecule has 0 aliphatic carbocycles. The smallest absolute Gasteiger partial charge is 0.367 e. The fourth-order valence-corrected chi connectivity index (χ4v) is 0. The average molecular weight is 328 g/mol. The van der Waals surface area contributed by atoms with Crippen molar-refractivity contribution in [2.45, 2.75) is 0 Å². The summed E-state index contributed by atoms with van der Waals surface area (Å²) in [4.78, 5) is 23.2. The fourth-order valence-electron chi connectivity index (χ4n) is 0. The van der Waals surface area contributed by atoms with Crippen molar-refractivity contribution in [1.29, 1.82) is 0 Å². The van der Waals surface area contributed by atoms with E-state index in [0.29, 0.717) is 0 Å². The molecule has 0 spiro atoms. The second kappa shape index (κ2) is 4.02. The first kappa shape index (κ1) is 11.0. The van der Waals surface area contributed by atoms with Crippen molar-refractivity contribution in [2.24, 2.45) is 0 Å². The van der Waals surface area contributed by atoms with E-state index in [1.807, 2.05) is 0 Å². The van der Waals surface area contributed by atoms with E-state index in [0.717, 1.165) is 0 Å². The standard InChI is InChI=1S/Au.ClH3O4Si/c;1-5-6(2,3)4/h;2-4H. The van der Waals surface area contributed by atoms with E-state index in [4.69, 9.17) is 14.4 Å². The third-order valence-electron chi connectivity index (χ3n) is 0.104. The molecule has 0 fully saturated rings. The van der Waals surface area contributed by atoms with Crippen molar-refractivity contribution in [2.75, 3.05) is 0 Å². The Hall–Kier alpha value is 1.09. The number of hydrogen-bond acceptors (Lipinski definition) is 4. The van der Waals surface area contributed by atoms with Gasteiger partial charge in [0.2, 0.25) is 0 Å². The third-order valence-corrected chi connectivity index (χ3v) is 0.932. The van der Waals surface area contributed by atoms with Crippen LogP contribution in [0.15, 0.2) is 0 Å². The van der Waals surface area contributed by atoms with E-state index in [2.05, 4.69) is 15.8 Å². The second-order valence-corrected chi connectivity index (χ2v) is 2.42. The zero-order valence-corrected chi connectivity index (χ0v) is 6.85. The predicted molar refractivity (Wildman–Crippen MR) is 19.3 cm³/mol. The van der Waals surface area contributed by atoms with Crippen molar-refractivity contribution in [3.05, 3.63) is 0 Å². The largest absolute Gasteiger partial charge is 0.688 e. The molecule has 7 heavy (non-hydrogen) atoms. The molecule has 0 unspecified atom stereocenters. The minimum absolute atomic E-state index is 0. The van der Waals surface area contributed by atoms with Gasteiger partial charge in [-0.3, -0.25) is 0 Å². The molecule has 0 rings (SSSR count). The summed E-state index contributed by atoms with van der Waals surface area (Å²) in [6.45, 7) is 0. The van der Waals surface area contributed by atoms with Crippen molar-refractivity contribution in [1.82, 2.24) is 0 Å². The zero-order valence-electron chi connectivity index (χ0n) is 2.93. The monoisotopic (exact) mass is 327 g/mol. The Balaban J connectivity index is 0. The van der Waals surface area contributed by atoms with Gasteiger partial charge in [0.05, 0.1) is 11.9 Å². The molecule has 1 radical (unpaired) electrons. The van der Waals surface area contributed by atoms with E-state index < -0.39 is 9.05 Å². The Morgan fingerprint density at radius 3 is 1.43 bits per heavy atom. The van der Waals surface area contributed by atoms with Crippen LogP contribution in [0, 0.1) is 0 Å². The van der Waals surface area contributed by atoms with Gasteiger partial charge in [-0.15, -0.1) is 0 Å². The number of hydrogen-bond donors (Lipinski definition) is 3. The van der Waals surface area contributed by atoms with E-state index in [9.17, 15) is 0 Å². The van der Waals surface area contributed by atoms with Crippen molar-refractivity contribution < 1.29 is 40.7 Å². The van der Waals surface area contributed by atoms with Crippen LogP contribution in [-0.4, -0.2) is 23.4 Å². The van der Waals surface area contributed by atoms with Gasteiger partial charge in [0.25, 0.3) is 0 Å². The minimum Gasteiger partial charge on any atom is -0.367 e. The summed E-state index contributed by atoms with van der Waals surface area (Å²) in [5, 5.41) is 0. The van der Waals surface area contributed by atoms with Gasteiger partial charge in [0.15, 0.2) is 0 Å². The minimum atomic E-state index is -4.37. The van der Waals surface area contributed by atoms with Crippen LogP contribution in [0.5, 0.6) is 0 Å². The SMILES string of the molecule is O[Si](O)(O)OCl.[Au]. The molecule has 4 nitrogen and oxygen atoms in total. The van der Waals surface area contributed by atoms with Gasteiger partial charge in [0.1, 0.15) is 0 Å². The van der Waals surface area contributed by atoms with E-state index in [-0.39, 0.29) is 22.4 Å². The quantitative estimate of drug-likeness (QED) is 0.516. The normalized spacial score (nSPS) is 10.3. The summed E-state index contributed by atoms with van der Waals surface area (Å²) in [7, 11) is -4.37. The maximum Gasteiger partial charge on any atom is 0.688 e. The summed E-state index contributed by atoms with van der Waals surface area (Å²) < 4.78 is 3.22. The van der Waals surface area contributed by atoms with Gasteiger partial charge in [-0.05, 0) is 0 Å². The van der Waals surface area contributed by atoms with Crippen molar-refractivity contribution >= 4 is 20.9 Å². The summed E-state index contributed by atoms with van der Waals surface area (Å²) in [6.07, 6.45) is 0. The van der Waals surface area contributed by atoms with Crippen LogP contribution in [0.2, 0.25) is 0 Å². The topological polar surface area (TPSA) is 69.9 Å². The molecule has 0 amide bonds. The van der Waals surface area contributed by atoms with E-state index in [1.165, 1.54) is 0 Å². The molecule has 0 aromatic rings. The first-order chi connectivity index (χ1) is 2.56. The second-order valence-electron chi connectivity index (χ2n) is 0.651. The zero-order chi connectivity index (χ0) is 5.21. The Labute approximate surface area is 61.9 Å².